The molecule has 1 heterocycles. The molecule has 1 aromatic heterocycles. The topological polar surface area (TPSA) is 65.1 Å². The fourth-order valence-electron chi connectivity index (χ4n) is 2.27. The number of carbonyl (C=O) groups is 1. The van der Waals surface area contributed by atoms with E-state index in [1.54, 1.807) is 25.1 Å². The molecule has 1 amide bonds. The summed E-state index contributed by atoms with van der Waals surface area (Å²) in [6.45, 7) is 1.70. The number of amides is 1. The molecule has 4 nitrogen and oxygen atoms in total. The highest BCUT2D eigenvalue weighted by Crippen LogP contribution is 2.19. The molecule has 4 heteroatoms. The molecule has 0 aliphatic heterocycles. The van der Waals surface area contributed by atoms with Crippen molar-refractivity contribution in [1.29, 1.82) is 0 Å². The predicted molar refractivity (Wildman–Crippen MR) is 83.3 cm³/mol. The first-order chi connectivity index (χ1) is 10.1. The van der Waals surface area contributed by atoms with Gasteiger partial charge in [0.15, 0.2) is 0 Å². The molecule has 3 rings (SSSR count). The van der Waals surface area contributed by atoms with Gasteiger partial charge in [0.1, 0.15) is 0 Å². The van der Waals surface area contributed by atoms with E-state index >= 15 is 0 Å². The largest absolute Gasteiger partial charge is 0.389 e. The lowest BCUT2D eigenvalue weighted by Crippen LogP contribution is -2.12. The van der Waals surface area contributed by atoms with Gasteiger partial charge in [0, 0.05) is 28.4 Å². The number of hydrogen-bond donors (Lipinski definition) is 3. The van der Waals surface area contributed by atoms with Gasteiger partial charge in [-0.3, -0.25) is 4.79 Å². The Morgan fingerprint density at radius 3 is 2.86 bits per heavy atom. The SMILES string of the molecule is CC(O)c1cccc(NC(=O)c2ccc3[nH]ccc3c2)c1. The summed E-state index contributed by atoms with van der Waals surface area (Å²) in [5.41, 5.74) is 3.05. The minimum atomic E-state index is -0.557. The number of anilines is 1. The number of fused-ring (bicyclic) bond motifs is 1. The van der Waals surface area contributed by atoms with Crippen LogP contribution in [0.3, 0.4) is 0 Å². The maximum absolute atomic E-state index is 12.3. The van der Waals surface area contributed by atoms with E-state index in [0.29, 0.717) is 11.3 Å². The summed E-state index contributed by atoms with van der Waals surface area (Å²) in [6, 6.07) is 14.7. The normalized spacial score (nSPS) is 12.3. The molecule has 3 aromatic rings. The van der Waals surface area contributed by atoms with Gasteiger partial charge in [-0.1, -0.05) is 12.1 Å². The minimum Gasteiger partial charge on any atom is -0.389 e. The van der Waals surface area contributed by atoms with E-state index in [-0.39, 0.29) is 5.91 Å². The zero-order chi connectivity index (χ0) is 14.8. The molecule has 0 saturated carbocycles. The Hall–Kier alpha value is -2.59. The third kappa shape index (κ3) is 2.80. The van der Waals surface area contributed by atoms with E-state index in [0.717, 1.165) is 16.5 Å². The molecule has 0 aliphatic rings. The lowest BCUT2D eigenvalue weighted by atomic mass is 10.1. The third-order valence-electron chi connectivity index (χ3n) is 3.44. The number of aliphatic hydroxyl groups excluding tert-OH is 1. The van der Waals surface area contributed by atoms with Crippen molar-refractivity contribution in [3.8, 4) is 0 Å². The van der Waals surface area contributed by atoms with Crippen molar-refractivity contribution in [2.24, 2.45) is 0 Å². The number of aromatic nitrogens is 1. The monoisotopic (exact) mass is 280 g/mol. The number of H-pyrrole nitrogens is 1. The van der Waals surface area contributed by atoms with Crippen molar-refractivity contribution in [3.05, 3.63) is 65.9 Å². The first-order valence-electron chi connectivity index (χ1n) is 6.80. The minimum absolute atomic E-state index is 0.166. The van der Waals surface area contributed by atoms with Gasteiger partial charge in [-0.25, -0.2) is 0 Å². The lowest BCUT2D eigenvalue weighted by Gasteiger charge is -2.09. The summed E-state index contributed by atoms with van der Waals surface area (Å²) >= 11 is 0. The van der Waals surface area contributed by atoms with E-state index in [2.05, 4.69) is 10.3 Å². The molecule has 0 spiro atoms. The highest BCUT2D eigenvalue weighted by molar-refractivity contribution is 6.06. The molecule has 106 valence electrons. The molecule has 2 aromatic carbocycles. The summed E-state index contributed by atoms with van der Waals surface area (Å²) in [7, 11) is 0. The zero-order valence-corrected chi connectivity index (χ0v) is 11.6. The summed E-state index contributed by atoms with van der Waals surface area (Å²) in [5, 5.41) is 13.4. The Balaban J connectivity index is 1.83. The van der Waals surface area contributed by atoms with Crippen LogP contribution in [-0.2, 0) is 0 Å². The quantitative estimate of drug-likeness (QED) is 0.687. The standard InChI is InChI=1S/C17H16N2O2/c1-11(20)12-3-2-4-15(10-12)19-17(21)14-5-6-16-13(9-14)7-8-18-16/h2-11,18,20H,1H3,(H,19,21). The number of benzene rings is 2. The van der Waals surface area contributed by atoms with Gasteiger partial charge in [-0.2, -0.15) is 0 Å². The second-order valence-electron chi connectivity index (χ2n) is 5.04. The van der Waals surface area contributed by atoms with Crippen LogP contribution >= 0.6 is 0 Å². The Kier molecular flexibility index (Phi) is 3.46. The number of nitrogens with one attached hydrogen (secondary N) is 2. The van der Waals surface area contributed by atoms with Crippen LogP contribution in [0.15, 0.2) is 54.7 Å². The van der Waals surface area contributed by atoms with Gasteiger partial charge in [0.25, 0.3) is 5.91 Å². The van der Waals surface area contributed by atoms with Crippen molar-refractivity contribution in [3.63, 3.8) is 0 Å². The van der Waals surface area contributed by atoms with Crippen LogP contribution in [0, 0.1) is 0 Å². The molecule has 0 saturated heterocycles. The van der Waals surface area contributed by atoms with Gasteiger partial charge >= 0.3 is 0 Å². The molecule has 0 aliphatic carbocycles. The number of aliphatic hydroxyl groups is 1. The van der Waals surface area contributed by atoms with Crippen molar-refractivity contribution >= 4 is 22.5 Å². The first-order valence-corrected chi connectivity index (χ1v) is 6.80. The fraction of sp³-hybridized carbons (Fsp3) is 0.118. The van der Waals surface area contributed by atoms with Crippen LogP contribution in [0.25, 0.3) is 10.9 Å². The van der Waals surface area contributed by atoms with Crippen molar-refractivity contribution in [1.82, 2.24) is 4.98 Å². The number of aromatic amines is 1. The van der Waals surface area contributed by atoms with Crippen molar-refractivity contribution in [2.75, 3.05) is 5.32 Å². The van der Waals surface area contributed by atoms with E-state index in [4.69, 9.17) is 0 Å². The lowest BCUT2D eigenvalue weighted by molar-refractivity contribution is 0.102. The maximum Gasteiger partial charge on any atom is 0.255 e. The molecule has 1 unspecified atom stereocenters. The summed E-state index contributed by atoms with van der Waals surface area (Å²) in [4.78, 5) is 15.4. The van der Waals surface area contributed by atoms with Crippen LogP contribution in [0.1, 0.15) is 28.9 Å². The molecule has 0 radical (unpaired) electrons. The second-order valence-corrected chi connectivity index (χ2v) is 5.04. The van der Waals surface area contributed by atoms with Gasteiger partial charge in [0.05, 0.1) is 6.10 Å². The summed E-state index contributed by atoms with van der Waals surface area (Å²) in [6.07, 6.45) is 1.29. The van der Waals surface area contributed by atoms with Crippen molar-refractivity contribution < 1.29 is 9.90 Å². The average molecular weight is 280 g/mol. The molecule has 0 fully saturated rings. The van der Waals surface area contributed by atoms with Crippen LogP contribution in [0.4, 0.5) is 5.69 Å². The number of rotatable bonds is 3. The highest BCUT2D eigenvalue weighted by Gasteiger charge is 2.08. The van der Waals surface area contributed by atoms with E-state index in [1.807, 2.05) is 36.5 Å². The number of carbonyl (C=O) groups excluding carboxylic acids is 1. The van der Waals surface area contributed by atoms with E-state index in [9.17, 15) is 9.90 Å². The maximum atomic E-state index is 12.3. The number of hydrogen-bond acceptors (Lipinski definition) is 2. The van der Waals surface area contributed by atoms with E-state index < -0.39 is 6.10 Å². The van der Waals surface area contributed by atoms with Gasteiger partial charge in [-0.15, -0.1) is 0 Å². The molecule has 0 bridgehead atoms. The molecule has 3 N–H and O–H groups in total. The molecule has 1 atom stereocenters. The predicted octanol–water partition coefficient (Wildman–Crippen LogP) is 3.47. The third-order valence-corrected chi connectivity index (χ3v) is 3.44. The zero-order valence-electron chi connectivity index (χ0n) is 11.6. The smallest absolute Gasteiger partial charge is 0.255 e. The highest BCUT2D eigenvalue weighted by atomic mass is 16.3. The van der Waals surface area contributed by atoms with Crippen LogP contribution in [-0.4, -0.2) is 16.0 Å². The Bertz CT molecular complexity index is 790. The van der Waals surface area contributed by atoms with Crippen LogP contribution < -0.4 is 5.32 Å². The van der Waals surface area contributed by atoms with E-state index in [1.165, 1.54) is 0 Å². The second kappa shape index (κ2) is 5.42. The first kappa shape index (κ1) is 13.4. The molecular weight excluding hydrogens is 264 g/mol. The van der Waals surface area contributed by atoms with Crippen LogP contribution in [0.2, 0.25) is 0 Å². The average Bonchev–Trinajstić information content (AvgIpc) is 2.94. The van der Waals surface area contributed by atoms with Gasteiger partial charge < -0.3 is 15.4 Å². The van der Waals surface area contributed by atoms with Crippen molar-refractivity contribution in [2.45, 2.75) is 13.0 Å². The van der Waals surface area contributed by atoms with Gasteiger partial charge in [0.2, 0.25) is 0 Å². The Morgan fingerprint density at radius 1 is 1.19 bits per heavy atom. The summed E-state index contributed by atoms with van der Waals surface area (Å²) < 4.78 is 0. The Labute approximate surface area is 122 Å². The van der Waals surface area contributed by atoms with Gasteiger partial charge in [-0.05, 0) is 48.9 Å². The van der Waals surface area contributed by atoms with Crippen LogP contribution in [0.5, 0.6) is 0 Å². The molecular formula is C17H16N2O2. The molecule has 21 heavy (non-hydrogen) atoms. The summed E-state index contributed by atoms with van der Waals surface area (Å²) in [5.74, 6) is -0.166. The fourth-order valence-corrected chi connectivity index (χ4v) is 2.27. The Morgan fingerprint density at radius 2 is 2.05 bits per heavy atom.